The van der Waals surface area contributed by atoms with Gasteiger partial charge in [0, 0.05) is 32.7 Å². The van der Waals surface area contributed by atoms with Crippen LogP contribution in [0.3, 0.4) is 0 Å². The molecule has 4 rings (SSSR count). The van der Waals surface area contributed by atoms with Gasteiger partial charge in [0.2, 0.25) is 5.95 Å². The standard InChI is InChI=1S/C28H26F9N5O3/c1-2-42(25(43)44)23-4-3-19(26(29,30)31)11-18(23)16-41(24-38-13-22(14-39-24)40-5-7-45-8-6-40)15-17-9-20(27(32,33)34)12-21(10-17)28(35,36)37/h3-4,9-14H,2,5-8,15-16H2,1H3,(H,43,44). The number of rotatable bonds is 8. The minimum atomic E-state index is -5.14. The summed E-state index contributed by atoms with van der Waals surface area (Å²) in [6, 6.07) is 3.22. The zero-order chi connectivity index (χ0) is 33.2. The van der Waals surface area contributed by atoms with Gasteiger partial charge in [-0.3, -0.25) is 4.90 Å². The second-order valence-electron chi connectivity index (χ2n) is 9.98. The van der Waals surface area contributed by atoms with E-state index in [1.807, 2.05) is 4.90 Å². The number of anilines is 3. The number of hydrogen-bond acceptors (Lipinski definition) is 6. The number of hydrogen-bond donors (Lipinski definition) is 1. The van der Waals surface area contributed by atoms with Gasteiger partial charge in [-0.1, -0.05) is 0 Å². The first kappa shape index (κ1) is 33.6. The van der Waals surface area contributed by atoms with Crippen molar-refractivity contribution in [3.8, 4) is 0 Å². The van der Waals surface area contributed by atoms with Gasteiger partial charge in [-0.25, -0.2) is 14.8 Å². The normalized spacial score (nSPS) is 14.4. The Morgan fingerprint density at radius 2 is 1.40 bits per heavy atom. The van der Waals surface area contributed by atoms with Gasteiger partial charge in [-0.2, -0.15) is 39.5 Å². The highest BCUT2D eigenvalue weighted by Crippen LogP contribution is 2.38. The molecule has 3 aromatic rings. The molecule has 0 aliphatic carbocycles. The number of benzene rings is 2. The van der Waals surface area contributed by atoms with E-state index in [-0.39, 0.29) is 29.8 Å². The fourth-order valence-electron chi connectivity index (χ4n) is 4.76. The average molecular weight is 652 g/mol. The Balaban J connectivity index is 1.84. The Kier molecular flexibility index (Phi) is 9.70. The highest BCUT2D eigenvalue weighted by atomic mass is 19.4. The fraction of sp³-hybridized carbons (Fsp3) is 0.393. The maximum atomic E-state index is 13.7. The monoisotopic (exact) mass is 651 g/mol. The highest BCUT2D eigenvalue weighted by Gasteiger charge is 2.37. The maximum Gasteiger partial charge on any atom is 0.416 e. The Labute approximate surface area is 250 Å². The molecule has 1 saturated heterocycles. The first-order chi connectivity index (χ1) is 21.0. The molecule has 1 amide bonds. The van der Waals surface area contributed by atoms with Crippen LogP contribution in [0.2, 0.25) is 0 Å². The summed E-state index contributed by atoms with van der Waals surface area (Å²) in [7, 11) is 0. The Bertz CT molecular complexity index is 1460. The molecule has 244 valence electrons. The lowest BCUT2D eigenvalue weighted by Crippen LogP contribution is -2.36. The number of aromatic nitrogens is 2. The van der Waals surface area contributed by atoms with Crippen molar-refractivity contribution in [2.75, 3.05) is 47.5 Å². The smallest absolute Gasteiger partial charge is 0.416 e. The van der Waals surface area contributed by atoms with Crippen molar-refractivity contribution in [1.29, 1.82) is 0 Å². The number of morpholine rings is 1. The van der Waals surface area contributed by atoms with Crippen LogP contribution in [0.15, 0.2) is 48.8 Å². The van der Waals surface area contributed by atoms with Gasteiger partial charge in [-0.15, -0.1) is 0 Å². The van der Waals surface area contributed by atoms with Gasteiger partial charge in [0.15, 0.2) is 0 Å². The number of carboxylic acid groups (broad SMARTS) is 1. The molecule has 1 N–H and O–H groups in total. The number of halogens is 9. The fourth-order valence-corrected chi connectivity index (χ4v) is 4.76. The van der Waals surface area contributed by atoms with Gasteiger partial charge >= 0.3 is 24.6 Å². The third kappa shape index (κ3) is 8.26. The second kappa shape index (κ2) is 13.0. The van der Waals surface area contributed by atoms with Gasteiger partial charge in [0.05, 0.1) is 53.7 Å². The van der Waals surface area contributed by atoms with E-state index in [1.54, 1.807) is 0 Å². The van der Waals surface area contributed by atoms with Crippen LogP contribution in [0.25, 0.3) is 0 Å². The summed E-state index contributed by atoms with van der Waals surface area (Å²) in [5.74, 6) is -0.236. The molecule has 0 spiro atoms. The van der Waals surface area contributed by atoms with Crippen LogP contribution in [0, 0.1) is 0 Å². The minimum absolute atomic E-state index is 0.0433. The predicted molar refractivity (Wildman–Crippen MR) is 144 cm³/mol. The molecule has 0 bridgehead atoms. The molecule has 0 radical (unpaired) electrons. The van der Waals surface area contributed by atoms with Gasteiger partial charge in [0.1, 0.15) is 0 Å². The predicted octanol–water partition coefficient (Wildman–Crippen LogP) is 7.08. The van der Waals surface area contributed by atoms with E-state index in [9.17, 15) is 49.4 Å². The van der Waals surface area contributed by atoms with Crippen molar-refractivity contribution >= 4 is 23.4 Å². The van der Waals surface area contributed by atoms with Crippen LogP contribution >= 0.6 is 0 Å². The number of carbonyl (C=O) groups is 1. The minimum Gasteiger partial charge on any atom is -0.465 e. The van der Waals surface area contributed by atoms with Crippen LogP contribution in [0.1, 0.15) is 34.7 Å². The molecule has 1 aromatic heterocycles. The summed E-state index contributed by atoms with van der Waals surface area (Å²) >= 11 is 0. The molecule has 17 heteroatoms. The summed E-state index contributed by atoms with van der Waals surface area (Å²) in [6.45, 7) is 1.75. The van der Waals surface area contributed by atoms with Crippen LogP contribution in [-0.2, 0) is 36.4 Å². The van der Waals surface area contributed by atoms with Gasteiger partial charge in [-0.05, 0) is 54.4 Å². The second-order valence-corrected chi connectivity index (χ2v) is 9.98. The molecule has 45 heavy (non-hydrogen) atoms. The first-order valence-electron chi connectivity index (χ1n) is 13.4. The molecule has 1 fully saturated rings. The van der Waals surface area contributed by atoms with Crippen molar-refractivity contribution in [1.82, 2.24) is 9.97 Å². The number of nitrogens with zero attached hydrogens (tertiary/aromatic N) is 5. The highest BCUT2D eigenvalue weighted by molar-refractivity contribution is 5.87. The summed E-state index contributed by atoms with van der Waals surface area (Å²) < 4.78 is 128. The molecule has 0 saturated carbocycles. The van der Waals surface area contributed by atoms with Crippen LogP contribution < -0.4 is 14.7 Å². The molecule has 1 aliphatic rings. The molecule has 0 unspecified atom stereocenters. The zero-order valence-corrected chi connectivity index (χ0v) is 23.5. The lowest BCUT2D eigenvalue weighted by atomic mass is 10.0. The van der Waals surface area contributed by atoms with Crippen LogP contribution in [0.4, 0.5) is 61.6 Å². The first-order valence-corrected chi connectivity index (χ1v) is 13.4. The van der Waals surface area contributed by atoms with E-state index in [1.165, 1.54) is 19.3 Å². The van der Waals surface area contributed by atoms with Gasteiger partial charge in [0.25, 0.3) is 0 Å². The molecular formula is C28H26F9N5O3. The maximum absolute atomic E-state index is 13.7. The largest absolute Gasteiger partial charge is 0.465 e. The lowest BCUT2D eigenvalue weighted by molar-refractivity contribution is -0.143. The summed E-state index contributed by atoms with van der Waals surface area (Å²) in [5.41, 5.74) is -4.69. The molecular weight excluding hydrogens is 625 g/mol. The number of amides is 1. The van der Waals surface area contributed by atoms with E-state index >= 15 is 0 Å². The van der Waals surface area contributed by atoms with E-state index in [2.05, 4.69) is 9.97 Å². The zero-order valence-electron chi connectivity index (χ0n) is 23.5. The molecule has 0 atom stereocenters. The molecule has 2 aromatic carbocycles. The van der Waals surface area contributed by atoms with Crippen molar-refractivity contribution in [2.24, 2.45) is 0 Å². The Morgan fingerprint density at radius 3 is 1.89 bits per heavy atom. The summed E-state index contributed by atoms with van der Waals surface area (Å²) in [4.78, 5) is 24.1. The van der Waals surface area contributed by atoms with E-state index in [0.717, 1.165) is 15.9 Å². The number of ether oxygens (including phenoxy) is 1. The van der Waals surface area contributed by atoms with Crippen molar-refractivity contribution in [2.45, 2.75) is 38.5 Å². The number of alkyl halides is 9. The third-order valence-corrected chi connectivity index (χ3v) is 6.91. The Hall–Kier alpha value is -4.28. The van der Waals surface area contributed by atoms with Crippen molar-refractivity contribution < 1.29 is 54.2 Å². The molecule has 2 heterocycles. The summed E-state index contributed by atoms with van der Waals surface area (Å²) in [6.07, 6.45) is -13.9. The van der Waals surface area contributed by atoms with Crippen molar-refractivity contribution in [3.05, 3.63) is 76.6 Å². The molecule has 1 aliphatic heterocycles. The molecule has 8 nitrogen and oxygen atoms in total. The van der Waals surface area contributed by atoms with E-state index in [4.69, 9.17) is 4.74 Å². The SMILES string of the molecule is CCN(C(=O)O)c1ccc(C(F)(F)F)cc1CN(Cc1cc(C(F)(F)F)cc(C(F)(F)F)c1)c1ncc(N2CCOCC2)cn1. The third-order valence-electron chi connectivity index (χ3n) is 6.91. The Morgan fingerprint density at radius 1 is 0.844 bits per heavy atom. The van der Waals surface area contributed by atoms with Crippen LogP contribution in [0.5, 0.6) is 0 Å². The van der Waals surface area contributed by atoms with E-state index in [0.29, 0.717) is 56.3 Å². The quantitative estimate of drug-likeness (QED) is 0.261. The average Bonchev–Trinajstić information content (AvgIpc) is 2.96. The van der Waals surface area contributed by atoms with Crippen molar-refractivity contribution in [3.63, 3.8) is 0 Å². The van der Waals surface area contributed by atoms with E-state index < -0.39 is 60.0 Å². The summed E-state index contributed by atoms with van der Waals surface area (Å²) in [5, 5.41) is 9.67. The topological polar surface area (TPSA) is 82.0 Å². The van der Waals surface area contributed by atoms with Gasteiger partial charge < -0.3 is 19.6 Å². The lowest BCUT2D eigenvalue weighted by Gasteiger charge is -2.30. The van der Waals surface area contributed by atoms with Crippen LogP contribution in [-0.4, -0.2) is 54.0 Å².